The van der Waals surface area contributed by atoms with Gasteiger partial charge in [-0.1, -0.05) is 48.0 Å². The van der Waals surface area contributed by atoms with Gasteiger partial charge in [0.2, 0.25) is 0 Å². The van der Waals surface area contributed by atoms with Gasteiger partial charge in [-0.25, -0.2) is 0 Å². The number of ether oxygens (including phenoxy) is 1. The van der Waals surface area contributed by atoms with Crippen LogP contribution in [0.1, 0.15) is 27.9 Å². The molecule has 0 amide bonds. The number of hydrogen-bond donors (Lipinski definition) is 2. The first-order chi connectivity index (χ1) is 11.5. The van der Waals surface area contributed by atoms with Gasteiger partial charge in [0.1, 0.15) is 5.75 Å². The second-order valence-corrected chi connectivity index (χ2v) is 5.57. The van der Waals surface area contributed by atoms with Gasteiger partial charge in [-0.3, -0.25) is 9.59 Å². The predicted octanol–water partition coefficient (Wildman–Crippen LogP) is 2.82. The lowest BCUT2D eigenvalue weighted by Crippen LogP contribution is -2.38. The zero-order valence-electron chi connectivity index (χ0n) is 13.8. The summed E-state index contributed by atoms with van der Waals surface area (Å²) in [6.45, 7) is 2.28. The lowest BCUT2D eigenvalue weighted by atomic mass is 10.00. The number of ketones is 1. The Kier molecular flexibility index (Phi) is 6.09. The van der Waals surface area contributed by atoms with E-state index in [-0.39, 0.29) is 12.2 Å². The molecule has 0 saturated carbocycles. The highest BCUT2D eigenvalue weighted by atomic mass is 16.5. The number of hydrogen-bond acceptors (Lipinski definition) is 4. The Morgan fingerprint density at radius 1 is 1.12 bits per heavy atom. The van der Waals surface area contributed by atoms with Crippen molar-refractivity contribution in [3.63, 3.8) is 0 Å². The van der Waals surface area contributed by atoms with E-state index in [9.17, 15) is 9.59 Å². The summed E-state index contributed by atoms with van der Waals surface area (Å²) in [5.74, 6) is -0.554. The van der Waals surface area contributed by atoms with Crippen LogP contribution in [0.25, 0.3) is 0 Å². The van der Waals surface area contributed by atoms with Gasteiger partial charge < -0.3 is 15.2 Å². The van der Waals surface area contributed by atoms with Crippen molar-refractivity contribution < 1.29 is 19.4 Å². The van der Waals surface area contributed by atoms with Crippen molar-refractivity contribution >= 4 is 11.8 Å². The van der Waals surface area contributed by atoms with E-state index < -0.39 is 12.0 Å². The highest BCUT2D eigenvalue weighted by Crippen LogP contribution is 2.17. The SMILES string of the molecule is COc1ccccc1CNC(CC(=O)O)C(=O)c1ccc(C)cc1. The molecular formula is C19H21NO4. The number of carbonyl (C=O) groups is 2. The molecule has 0 bridgehead atoms. The van der Waals surface area contributed by atoms with Crippen molar-refractivity contribution in [3.05, 3.63) is 65.2 Å². The Hall–Kier alpha value is -2.66. The molecule has 0 aliphatic carbocycles. The molecule has 0 fully saturated rings. The fourth-order valence-electron chi connectivity index (χ4n) is 2.43. The van der Waals surface area contributed by atoms with E-state index in [1.54, 1.807) is 19.2 Å². The van der Waals surface area contributed by atoms with Gasteiger partial charge in [0, 0.05) is 17.7 Å². The Balaban J connectivity index is 2.14. The van der Waals surface area contributed by atoms with Crippen LogP contribution in [0.15, 0.2) is 48.5 Å². The van der Waals surface area contributed by atoms with Crippen LogP contribution in [0.4, 0.5) is 0 Å². The molecular weight excluding hydrogens is 306 g/mol. The fraction of sp³-hybridized carbons (Fsp3) is 0.263. The van der Waals surface area contributed by atoms with Crippen LogP contribution < -0.4 is 10.1 Å². The van der Waals surface area contributed by atoms with E-state index in [2.05, 4.69) is 5.32 Å². The van der Waals surface area contributed by atoms with Crippen molar-refractivity contribution in [2.75, 3.05) is 7.11 Å². The minimum atomic E-state index is -1.02. The van der Waals surface area contributed by atoms with Gasteiger partial charge in [-0.2, -0.15) is 0 Å². The quantitative estimate of drug-likeness (QED) is 0.729. The first-order valence-corrected chi connectivity index (χ1v) is 7.69. The Morgan fingerprint density at radius 3 is 2.42 bits per heavy atom. The maximum atomic E-state index is 12.6. The van der Waals surface area contributed by atoms with Crippen LogP contribution in [-0.2, 0) is 11.3 Å². The van der Waals surface area contributed by atoms with E-state index in [1.165, 1.54) is 0 Å². The van der Waals surface area contributed by atoms with E-state index in [4.69, 9.17) is 9.84 Å². The summed E-state index contributed by atoms with van der Waals surface area (Å²) in [7, 11) is 1.57. The van der Waals surface area contributed by atoms with E-state index in [0.717, 1.165) is 11.1 Å². The minimum absolute atomic E-state index is 0.229. The molecule has 0 aliphatic heterocycles. The Bertz CT molecular complexity index is 710. The number of aryl methyl sites for hydroxylation is 1. The number of carboxylic acid groups (broad SMARTS) is 1. The highest BCUT2D eigenvalue weighted by Gasteiger charge is 2.22. The van der Waals surface area contributed by atoms with Gasteiger partial charge in [-0.15, -0.1) is 0 Å². The second-order valence-electron chi connectivity index (χ2n) is 5.57. The minimum Gasteiger partial charge on any atom is -0.496 e. The molecule has 0 aromatic heterocycles. The van der Waals surface area contributed by atoms with Crippen molar-refractivity contribution in [1.29, 1.82) is 0 Å². The maximum absolute atomic E-state index is 12.6. The molecule has 5 nitrogen and oxygen atoms in total. The normalized spacial score (nSPS) is 11.8. The first-order valence-electron chi connectivity index (χ1n) is 7.69. The number of benzene rings is 2. The van der Waals surface area contributed by atoms with Crippen LogP contribution in [0.5, 0.6) is 5.75 Å². The summed E-state index contributed by atoms with van der Waals surface area (Å²) in [5.41, 5.74) is 2.41. The number of carbonyl (C=O) groups excluding carboxylic acids is 1. The molecule has 1 atom stereocenters. The number of para-hydroxylation sites is 1. The molecule has 1 unspecified atom stereocenters. The molecule has 2 N–H and O–H groups in total. The zero-order chi connectivity index (χ0) is 17.5. The number of aliphatic carboxylic acids is 1. The molecule has 2 aromatic carbocycles. The van der Waals surface area contributed by atoms with Crippen molar-refractivity contribution in [2.24, 2.45) is 0 Å². The fourth-order valence-corrected chi connectivity index (χ4v) is 2.43. The lowest BCUT2D eigenvalue weighted by Gasteiger charge is -2.17. The van der Waals surface area contributed by atoms with Gasteiger partial charge in [0.25, 0.3) is 0 Å². The average molecular weight is 327 g/mol. The van der Waals surface area contributed by atoms with Gasteiger partial charge in [0.05, 0.1) is 19.6 Å². The molecule has 2 rings (SSSR count). The van der Waals surface area contributed by atoms with Gasteiger partial charge in [0.15, 0.2) is 5.78 Å². The van der Waals surface area contributed by atoms with Crippen molar-refractivity contribution in [3.8, 4) is 5.75 Å². The molecule has 5 heteroatoms. The largest absolute Gasteiger partial charge is 0.496 e. The lowest BCUT2D eigenvalue weighted by molar-refractivity contribution is -0.137. The maximum Gasteiger partial charge on any atom is 0.305 e. The monoisotopic (exact) mass is 327 g/mol. The van der Waals surface area contributed by atoms with Crippen LogP contribution in [0, 0.1) is 6.92 Å². The number of Topliss-reactive ketones (excluding diaryl/α,β-unsaturated/α-hetero) is 1. The molecule has 0 spiro atoms. The second kappa shape index (κ2) is 8.26. The molecule has 0 heterocycles. The first kappa shape index (κ1) is 17.7. The van der Waals surface area contributed by atoms with Crippen LogP contribution in [-0.4, -0.2) is 30.0 Å². The third kappa shape index (κ3) is 4.67. The summed E-state index contributed by atoms with van der Waals surface area (Å²) in [6, 6.07) is 13.7. The van der Waals surface area contributed by atoms with Gasteiger partial charge in [-0.05, 0) is 13.0 Å². The number of nitrogens with one attached hydrogen (secondary N) is 1. The van der Waals surface area contributed by atoms with Crippen LogP contribution in [0.3, 0.4) is 0 Å². The van der Waals surface area contributed by atoms with E-state index in [1.807, 2.05) is 43.3 Å². The number of rotatable bonds is 8. The third-order valence-electron chi connectivity index (χ3n) is 3.76. The number of carboxylic acids is 1. The highest BCUT2D eigenvalue weighted by molar-refractivity contribution is 6.01. The molecule has 0 radical (unpaired) electrons. The summed E-state index contributed by atoms with van der Waals surface area (Å²) < 4.78 is 5.28. The van der Waals surface area contributed by atoms with Gasteiger partial charge >= 0.3 is 5.97 Å². The topological polar surface area (TPSA) is 75.6 Å². The van der Waals surface area contributed by atoms with E-state index in [0.29, 0.717) is 17.9 Å². The predicted molar refractivity (Wildman–Crippen MR) is 91.4 cm³/mol. The van der Waals surface area contributed by atoms with Crippen LogP contribution in [0.2, 0.25) is 0 Å². The van der Waals surface area contributed by atoms with E-state index >= 15 is 0 Å². The van der Waals surface area contributed by atoms with Crippen molar-refractivity contribution in [1.82, 2.24) is 5.32 Å². The Labute approximate surface area is 141 Å². The smallest absolute Gasteiger partial charge is 0.305 e. The molecule has 24 heavy (non-hydrogen) atoms. The molecule has 0 aliphatic rings. The molecule has 126 valence electrons. The summed E-state index contributed by atoms with van der Waals surface area (Å²) in [5, 5.41) is 12.1. The average Bonchev–Trinajstić information content (AvgIpc) is 2.58. The Morgan fingerprint density at radius 2 is 1.79 bits per heavy atom. The molecule has 2 aromatic rings. The summed E-state index contributed by atoms with van der Waals surface area (Å²) >= 11 is 0. The summed E-state index contributed by atoms with van der Waals surface area (Å²) in [4.78, 5) is 23.7. The third-order valence-corrected chi connectivity index (χ3v) is 3.76. The molecule has 0 saturated heterocycles. The standard InChI is InChI=1S/C19H21NO4/c1-13-7-9-14(10-8-13)19(23)16(11-18(21)22)20-12-15-5-3-4-6-17(15)24-2/h3-10,16,20H,11-12H2,1-2H3,(H,21,22). The summed E-state index contributed by atoms with van der Waals surface area (Å²) in [6.07, 6.45) is -0.276. The number of methoxy groups -OCH3 is 1. The van der Waals surface area contributed by atoms with Crippen LogP contribution >= 0.6 is 0 Å². The van der Waals surface area contributed by atoms with Crippen molar-refractivity contribution in [2.45, 2.75) is 25.9 Å². The zero-order valence-corrected chi connectivity index (χ0v) is 13.8.